The molecule has 0 unspecified atom stereocenters. The fourth-order valence-electron chi connectivity index (χ4n) is 4.24. The molecule has 0 aromatic heterocycles. The number of anilines is 1. The normalized spacial score (nSPS) is 11.0. The topological polar surface area (TPSA) is 40.3 Å². The fourth-order valence-corrected chi connectivity index (χ4v) is 4.24. The van der Waals surface area contributed by atoms with E-state index in [0.717, 1.165) is 73.0 Å². The van der Waals surface area contributed by atoms with Crippen LogP contribution in [0.2, 0.25) is 0 Å². The first-order valence-corrected chi connectivity index (χ1v) is 18.9. The minimum absolute atomic E-state index is 0. The van der Waals surface area contributed by atoms with Crippen molar-refractivity contribution in [2.45, 2.75) is 48.5 Å². The number of hydrogen-bond donors (Lipinski definition) is 0. The van der Waals surface area contributed by atoms with Gasteiger partial charge in [-0.25, -0.2) is 0 Å². The van der Waals surface area contributed by atoms with Gasteiger partial charge < -0.3 is 14.9 Å². The van der Waals surface area contributed by atoms with Crippen molar-refractivity contribution < 1.29 is 31.5 Å². The van der Waals surface area contributed by atoms with Crippen LogP contribution < -0.4 is 4.90 Å². The van der Waals surface area contributed by atoms with Crippen LogP contribution in [0.1, 0.15) is 40.3 Å². The van der Waals surface area contributed by atoms with E-state index in [2.05, 4.69) is 131 Å². The number of nitrogens with zero attached hydrogens (tertiary/aromatic N) is 4. The van der Waals surface area contributed by atoms with Crippen LogP contribution in [0.15, 0.2) is 93.8 Å². The van der Waals surface area contributed by atoms with Crippen molar-refractivity contribution in [3.05, 3.63) is 126 Å². The second kappa shape index (κ2) is 22.3. The zero-order valence-electron chi connectivity index (χ0n) is 27.7. The number of para-hydroxylation sites is 4. The predicted octanol–water partition coefficient (Wildman–Crippen LogP) is 11.4. The Labute approximate surface area is 306 Å². The molecule has 0 N–H and O–H groups in total. The third-order valence-corrected chi connectivity index (χ3v) is 6.61. The van der Waals surface area contributed by atoms with Gasteiger partial charge in [-0.3, -0.25) is 4.99 Å². The Morgan fingerprint density at radius 2 is 1.07 bits per heavy atom. The van der Waals surface area contributed by atoms with Crippen LogP contribution in [-0.4, -0.2) is 31.7 Å². The Kier molecular flexibility index (Phi) is 21.1. The van der Waals surface area contributed by atoms with E-state index in [9.17, 15) is 0 Å². The number of aryl methyl sites for hydroxylation is 6. The Morgan fingerprint density at radius 1 is 0.667 bits per heavy atom. The Hall–Kier alpha value is -2.31. The number of hydrogen-bond acceptors (Lipinski definition) is 4. The smallest absolute Gasteiger partial charge is 0 e. The van der Waals surface area contributed by atoms with Gasteiger partial charge in [-0.05, 0) is 80.9 Å². The van der Waals surface area contributed by atoms with E-state index in [1.807, 2.05) is 56.3 Å². The minimum atomic E-state index is 0. The summed E-state index contributed by atoms with van der Waals surface area (Å²) >= 11 is 7.12. The summed E-state index contributed by atoms with van der Waals surface area (Å²) in [5.74, 6) is 0. The monoisotopic (exact) mass is 866 g/mol. The zero-order chi connectivity index (χ0) is 31.9. The van der Waals surface area contributed by atoms with E-state index >= 15 is 0 Å². The fraction of sp³-hybridized carbons (Fsp3) is 0.243. The molecule has 0 fully saturated rings. The maximum absolute atomic E-state index is 4.97. The first-order valence-electron chi connectivity index (χ1n) is 13.8. The van der Waals surface area contributed by atoms with E-state index in [0.29, 0.717) is 5.71 Å². The third kappa shape index (κ3) is 13.9. The SMILES string of the molecule is CC(=Nc1c(C)cccc1C)C([C-]=Nc1c(C)cccc1C)=Nc1c(C)cccc1C.CN(C)c1[c-]cccc1.[Br][Co][Br].[CH3+].[Pd]. The quantitative estimate of drug-likeness (QED) is 0.108. The standard InChI is InChI=1S/C28H30N3.C8H10N.CH3.2BrH.Co.Pd/c1-18-11-8-12-19(2)26(18)29-17-25(31-28-22(5)15-10-16-23(28)6)24(7)30-27-20(3)13-9-14-21(27)4;1-9(2)8-6-4-3-5-7-8;;;;;/h8-16H,1-7H3;3-6H,1-2H3;1H3;2*1H;;/q2*-1;+1;;;+2;/p-2. The maximum Gasteiger partial charge on any atom is 0.0467 e. The third-order valence-electron chi connectivity index (χ3n) is 6.61. The van der Waals surface area contributed by atoms with Gasteiger partial charge in [0.25, 0.3) is 0 Å². The molecule has 0 bridgehead atoms. The van der Waals surface area contributed by atoms with Crippen LogP contribution in [0, 0.1) is 55.0 Å². The summed E-state index contributed by atoms with van der Waals surface area (Å²) in [7, 11) is 4.01. The molecule has 4 aromatic rings. The number of aliphatic imine (C=N–C) groups is 3. The molecular weight excluding hydrogens is 826 g/mol. The Balaban J connectivity index is 0.00000117. The molecule has 4 nitrogen and oxygen atoms in total. The Bertz CT molecular complexity index is 1510. The largest absolute Gasteiger partial charge is 0.0467 e. The minimum Gasteiger partial charge on any atom is 0 e. The average Bonchev–Trinajstić information content (AvgIpc) is 2.97. The van der Waals surface area contributed by atoms with Gasteiger partial charge in [0, 0.05) is 41.9 Å². The van der Waals surface area contributed by atoms with Crippen molar-refractivity contribution in [3.8, 4) is 0 Å². The molecule has 4 rings (SSSR count). The summed E-state index contributed by atoms with van der Waals surface area (Å²) in [4.78, 5) is 16.6. The van der Waals surface area contributed by atoms with Crippen LogP contribution in [0.5, 0.6) is 0 Å². The van der Waals surface area contributed by atoms with E-state index < -0.39 is 0 Å². The molecule has 0 saturated heterocycles. The van der Waals surface area contributed by atoms with Gasteiger partial charge >= 0.3 is 39.5 Å². The summed E-state index contributed by atoms with van der Waals surface area (Å²) in [5.41, 5.74) is 12.1. The van der Waals surface area contributed by atoms with Crippen molar-refractivity contribution in [3.63, 3.8) is 0 Å². The summed E-state index contributed by atoms with van der Waals surface area (Å²) in [6.45, 7) is 14.4. The van der Waals surface area contributed by atoms with Crippen LogP contribution >= 0.6 is 28.3 Å². The Morgan fingerprint density at radius 3 is 1.42 bits per heavy atom. The van der Waals surface area contributed by atoms with Gasteiger partial charge in [0.1, 0.15) is 0 Å². The first kappa shape index (κ1) is 42.7. The van der Waals surface area contributed by atoms with Gasteiger partial charge in [-0.1, -0.05) is 84.5 Å². The number of rotatable bonds is 6. The van der Waals surface area contributed by atoms with E-state index in [-0.39, 0.29) is 27.8 Å². The van der Waals surface area contributed by atoms with E-state index in [1.165, 1.54) is 0 Å². The molecule has 245 valence electrons. The molecular formula is C37H43Br2CoN4Pd-. The average molecular weight is 869 g/mol. The van der Waals surface area contributed by atoms with Crippen LogP contribution in [-0.2, 0) is 31.5 Å². The molecule has 0 aliphatic carbocycles. The van der Waals surface area contributed by atoms with Crippen LogP contribution in [0.4, 0.5) is 22.7 Å². The molecule has 0 heterocycles. The van der Waals surface area contributed by atoms with E-state index in [1.54, 1.807) is 0 Å². The first-order chi connectivity index (χ1) is 20.5. The van der Waals surface area contributed by atoms with Crippen molar-refractivity contribution in [2.24, 2.45) is 15.0 Å². The van der Waals surface area contributed by atoms with Crippen molar-refractivity contribution in [1.82, 2.24) is 0 Å². The van der Waals surface area contributed by atoms with Crippen molar-refractivity contribution >= 4 is 68.7 Å². The second-order valence-corrected chi connectivity index (χ2v) is 15.5. The van der Waals surface area contributed by atoms with Crippen molar-refractivity contribution in [2.75, 3.05) is 19.0 Å². The molecule has 0 aliphatic heterocycles. The number of benzene rings is 4. The molecule has 0 saturated carbocycles. The maximum atomic E-state index is 4.97. The van der Waals surface area contributed by atoms with Gasteiger partial charge in [0.2, 0.25) is 0 Å². The number of halogens is 2. The molecule has 0 amide bonds. The second-order valence-electron chi connectivity index (χ2n) is 10.3. The van der Waals surface area contributed by atoms with Crippen LogP contribution in [0.3, 0.4) is 0 Å². The molecule has 4 aromatic carbocycles. The predicted molar refractivity (Wildman–Crippen MR) is 199 cm³/mol. The summed E-state index contributed by atoms with van der Waals surface area (Å²) < 4.78 is 0. The molecule has 0 aliphatic rings. The molecule has 0 atom stereocenters. The summed E-state index contributed by atoms with van der Waals surface area (Å²) in [6.07, 6.45) is 3.22. The van der Waals surface area contributed by atoms with Gasteiger partial charge in [0.15, 0.2) is 0 Å². The summed E-state index contributed by atoms with van der Waals surface area (Å²) in [5, 5.41) is 0. The molecule has 45 heavy (non-hydrogen) atoms. The molecule has 8 heteroatoms. The molecule has 0 spiro atoms. The van der Waals surface area contributed by atoms with Crippen molar-refractivity contribution in [1.29, 1.82) is 0 Å². The van der Waals surface area contributed by atoms with Gasteiger partial charge in [-0.15, -0.1) is 6.07 Å². The van der Waals surface area contributed by atoms with Gasteiger partial charge in [-0.2, -0.15) is 24.3 Å². The van der Waals surface area contributed by atoms with Gasteiger partial charge in [0.05, 0.1) is 11.4 Å². The zero-order valence-corrected chi connectivity index (χ0v) is 33.5. The molecule has 0 radical (unpaired) electrons. The summed E-state index contributed by atoms with van der Waals surface area (Å²) in [6, 6.07) is 29.6. The van der Waals surface area contributed by atoms with E-state index in [4.69, 9.17) is 15.0 Å². The van der Waals surface area contributed by atoms with Crippen LogP contribution in [0.25, 0.3) is 0 Å².